The van der Waals surface area contributed by atoms with Crippen LogP contribution in [0.3, 0.4) is 0 Å². The fourth-order valence-electron chi connectivity index (χ4n) is 3.89. The van der Waals surface area contributed by atoms with E-state index in [4.69, 9.17) is 9.15 Å². The minimum atomic E-state index is -0.105. The molecule has 4 rings (SSSR count). The number of carbonyl (C=O) groups is 1. The highest BCUT2D eigenvalue weighted by Crippen LogP contribution is 2.38. The first-order valence-corrected chi connectivity index (χ1v) is 8.76. The zero-order valence-electron chi connectivity index (χ0n) is 14.4. The van der Waals surface area contributed by atoms with Crippen LogP contribution in [-0.4, -0.2) is 54.2 Å². The highest BCUT2D eigenvalue weighted by Gasteiger charge is 2.44. The summed E-state index contributed by atoms with van der Waals surface area (Å²) in [5.41, 5.74) is 1.11. The van der Waals surface area contributed by atoms with E-state index in [9.17, 15) is 4.79 Å². The summed E-state index contributed by atoms with van der Waals surface area (Å²) >= 11 is 0. The molecule has 1 atom stereocenters. The van der Waals surface area contributed by atoms with Crippen molar-refractivity contribution in [3.05, 3.63) is 48.7 Å². The number of hydrogen-bond acceptors (Lipinski definition) is 5. The Morgan fingerprint density at radius 3 is 2.72 bits per heavy atom. The topological polar surface area (TPSA) is 58.8 Å². The molecule has 0 unspecified atom stereocenters. The van der Waals surface area contributed by atoms with Crippen molar-refractivity contribution in [2.45, 2.75) is 30.9 Å². The van der Waals surface area contributed by atoms with Gasteiger partial charge in [-0.05, 0) is 31.4 Å². The largest absolute Gasteiger partial charge is 0.438 e. The van der Waals surface area contributed by atoms with Crippen molar-refractivity contribution in [1.82, 2.24) is 9.88 Å². The SMILES string of the molecule is CN(c1ccccc1)[C@@H]1COC2(CCN(C(=O)c3cnco3)CC2)C1. The van der Waals surface area contributed by atoms with E-state index in [2.05, 4.69) is 41.2 Å². The molecule has 0 radical (unpaired) electrons. The number of carbonyl (C=O) groups excluding carboxylic acids is 1. The van der Waals surface area contributed by atoms with Gasteiger partial charge in [-0.3, -0.25) is 4.79 Å². The summed E-state index contributed by atoms with van der Waals surface area (Å²) in [6.45, 7) is 2.13. The lowest BCUT2D eigenvalue weighted by Gasteiger charge is -2.38. The van der Waals surface area contributed by atoms with Crippen LogP contribution in [0.2, 0.25) is 0 Å². The molecule has 0 aliphatic carbocycles. The van der Waals surface area contributed by atoms with Gasteiger partial charge in [0.15, 0.2) is 6.39 Å². The Hall–Kier alpha value is -2.34. The number of para-hydroxylation sites is 1. The first-order valence-electron chi connectivity index (χ1n) is 8.76. The van der Waals surface area contributed by atoms with E-state index in [1.165, 1.54) is 18.3 Å². The molecule has 0 N–H and O–H groups in total. The van der Waals surface area contributed by atoms with Gasteiger partial charge in [-0.15, -0.1) is 0 Å². The van der Waals surface area contributed by atoms with Gasteiger partial charge in [0.25, 0.3) is 5.91 Å². The Balaban J connectivity index is 1.37. The summed E-state index contributed by atoms with van der Waals surface area (Å²) in [6.07, 6.45) is 5.51. The molecule has 1 aromatic heterocycles. The van der Waals surface area contributed by atoms with Crippen molar-refractivity contribution < 1.29 is 13.9 Å². The second kappa shape index (κ2) is 6.52. The minimum Gasteiger partial charge on any atom is -0.438 e. The number of ether oxygens (including phenoxy) is 1. The zero-order valence-corrected chi connectivity index (χ0v) is 14.4. The van der Waals surface area contributed by atoms with Crippen molar-refractivity contribution in [2.75, 3.05) is 31.6 Å². The maximum absolute atomic E-state index is 12.4. The molecular weight excluding hydrogens is 318 g/mol. The monoisotopic (exact) mass is 341 g/mol. The van der Waals surface area contributed by atoms with Gasteiger partial charge < -0.3 is 19.0 Å². The third kappa shape index (κ3) is 3.14. The molecule has 0 saturated carbocycles. The molecule has 132 valence electrons. The van der Waals surface area contributed by atoms with Crippen LogP contribution in [0.25, 0.3) is 0 Å². The van der Waals surface area contributed by atoms with Crippen molar-refractivity contribution >= 4 is 11.6 Å². The van der Waals surface area contributed by atoms with Gasteiger partial charge in [0.2, 0.25) is 5.76 Å². The second-order valence-electron chi connectivity index (χ2n) is 6.96. The van der Waals surface area contributed by atoms with Crippen LogP contribution in [0.15, 0.2) is 47.3 Å². The number of hydrogen-bond donors (Lipinski definition) is 0. The Morgan fingerprint density at radius 2 is 2.04 bits per heavy atom. The predicted molar refractivity (Wildman–Crippen MR) is 93.6 cm³/mol. The van der Waals surface area contributed by atoms with Crippen LogP contribution in [-0.2, 0) is 4.74 Å². The van der Waals surface area contributed by atoms with Crippen LogP contribution in [0.5, 0.6) is 0 Å². The molecule has 2 fully saturated rings. The van der Waals surface area contributed by atoms with Gasteiger partial charge in [0.05, 0.1) is 24.4 Å². The normalized spacial score (nSPS) is 22.3. The van der Waals surface area contributed by atoms with E-state index >= 15 is 0 Å². The van der Waals surface area contributed by atoms with E-state index in [0.29, 0.717) is 24.9 Å². The highest BCUT2D eigenvalue weighted by atomic mass is 16.5. The average Bonchev–Trinajstić information content (AvgIpc) is 3.33. The van der Waals surface area contributed by atoms with Crippen LogP contribution < -0.4 is 4.90 Å². The molecule has 3 heterocycles. The van der Waals surface area contributed by atoms with Crippen molar-refractivity contribution in [3.63, 3.8) is 0 Å². The molecule has 2 saturated heterocycles. The maximum atomic E-state index is 12.4. The van der Waals surface area contributed by atoms with Gasteiger partial charge in [-0.2, -0.15) is 0 Å². The molecule has 2 aliphatic rings. The summed E-state index contributed by atoms with van der Waals surface area (Å²) in [5.74, 6) is 0.230. The second-order valence-corrected chi connectivity index (χ2v) is 6.96. The molecule has 0 bridgehead atoms. The summed E-state index contributed by atoms with van der Waals surface area (Å²) in [6, 6.07) is 10.8. The molecular formula is C19H23N3O3. The Kier molecular flexibility index (Phi) is 4.21. The van der Waals surface area contributed by atoms with Crippen molar-refractivity contribution in [2.24, 2.45) is 0 Å². The fourth-order valence-corrected chi connectivity index (χ4v) is 3.89. The van der Waals surface area contributed by atoms with Gasteiger partial charge in [0.1, 0.15) is 0 Å². The van der Waals surface area contributed by atoms with E-state index in [-0.39, 0.29) is 11.5 Å². The van der Waals surface area contributed by atoms with Crippen LogP contribution in [0.4, 0.5) is 5.69 Å². The van der Waals surface area contributed by atoms with Gasteiger partial charge in [0, 0.05) is 25.8 Å². The van der Waals surface area contributed by atoms with Gasteiger partial charge >= 0.3 is 0 Å². The number of aromatic nitrogens is 1. The molecule has 2 aliphatic heterocycles. The smallest absolute Gasteiger partial charge is 0.291 e. The summed E-state index contributed by atoms with van der Waals surface area (Å²) in [4.78, 5) is 20.3. The summed E-state index contributed by atoms with van der Waals surface area (Å²) in [7, 11) is 2.13. The maximum Gasteiger partial charge on any atom is 0.291 e. The molecule has 6 heteroatoms. The minimum absolute atomic E-state index is 0.0803. The molecule has 1 aromatic carbocycles. The van der Waals surface area contributed by atoms with Crippen LogP contribution in [0, 0.1) is 0 Å². The molecule has 25 heavy (non-hydrogen) atoms. The summed E-state index contributed by atoms with van der Waals surface area (Å²) < 4.78 is 11.4. The average molecular weight is 341 g/mol. The Bertz CT molecular complexity index is 709. The summed E-state index contributed by atoms with van der Waals surface area (Å²) in [5, 5.41) is 0. The van der Waals surface area contributed by atoms with Crippen LogP contribution >= 0.6 is 0 Å². The van der Waals surface area contributed by atoms with E-state index in [0.717, 1.165) is 25.9 Å². The lowest BCUT2D eigenvalue weighted by Crippen LogP contribution is -2.47. The predicted octanol–water partition coefficient (Wildman–Crippen LogP) is 2.57. The number of likely N-dealkylation sites (tertiary alicyclic amines) is 1. The van der Waals surface area contributed by atoms with E-state index in [1.807, 2.05) is 11.0 Å². The van der Waals surface area contributed by atoms with Gasteiger partial charge in [-0.1, -0.05) is 18.2 Å². The zero-order chi connectivity index (χ0) is 17.3. The molecule has 1 spiro atoms. The third-order valence-electron chi connectivity index (χ3n) is 5.51. The number of anilines is 1. The number of nitrogens with zero attached hydrogens (tertiary/aromatic N) is 3. The fraction of sp³-hybridized carbons (Fsp3) is 0.474. The molecule has 1 amide bonds. The van der Waals surface area contributed by atoms with Crippen molar-refractivity contribution in [3.8, 4) is 0 Å². The van der Waals surface area contributed by atoms with Crippen LogP contribution in [0.1, 0.15) is 29.8 Å². The number of benzene rings is 1. The van der Waals surface area contributed by atoms with Gasteiger partial charge in [-0.25, -0.2) is 4.98 Å². The number of piperidine rings is 1. The number of rotatable bonds is 3. The standard InChI is InChI=1S/C19H23N3O3/c1-21(15-5-3-2-4-6-15)16-11-19(25-13-16)7-9-22(10-8-19)18(23)17-12-20-14-24-17/h2-6,12,14,16H,7-11,13H2,1H3/t16-/m0/s1. The lowest BCUT2D eigenvalue weighted by atomic mass is 9.87. The van der Waals surface area contributed by atoms with E-state index < -0.39 is 0 Å². The Labute approximate surface area is 147 Å². The van der Waals surface area contributed by atoms with E-state index in [1.54, 1.807) is 0 Å². The number of amides is 1. The quantitative estimate of drug-likeness (QED) is 0.859. The lowest BCUT2D eigenvalue weighted by molar-refractivity contribution is -0.0392. The first-order chi connectivity index (χ1) is 12.2. The Morgan fingerprint density at radius 1 is 1.28 bits per heavy atom. The number of likely N-dealkylation sites (N-methyl/N-ethyl adjacent to an activating group) is 1. The molecule has 6 nitrogen and oxygen atoms in total. The third-order valence-corrected chi connectivity index (χ3v) is 5.51. The highest BCUT2D eigenvalue weighted by molar-refractivity contribution is 5.91. The first kappa shape index (κ1) is 16.1. The number of oxazole rings is 1. The van der Waals surface area contributed by atoms with Crippen molar-refractivity contribution in [1.29, 1.82) is 0 Å². The molecule has 2 aromatic rings.